The Morgan fingerprint density at radius 2 is 1.47 bits per heavy atom. The lowest BCUT2D eigenvalue weighted by atomic mass is 10.2. The van der Waals surface area contributed by atoms with Gasteiger partial charge in [-0.1, -0.05) is 48.5 Å². The number of nitrogens with zero attached hydrogens (tertiary/aromatic N) is 3. The van der Waals surface area contributed by atoms with Gasteiger partial charge >= 0.3 is 0 Å². The van der Waals surface area contributed by atoms with Crippen molar-refractivity contribution < 1.29 is 0 Å². The van der Waals surface area contributed by atoms with Crippen LogP contribution in [0, 0.1) is 0 Å². The van der Waals surface area contributed by atoms with Crippen LogP contribution in [0.15, 0.2) is 66.9 Å². The molecule has 0 aliphatic carbocycles. The number of anilines is 2. The minimum atomic E-state index is 0.493. The van der Waals surface area contributed by atoms with Gasteiger partial charge in [0.15, 0.2) is 0 Å². The minimum Gasteiger partial charge on any atom is -0.323 e. The predicted molar refractivity (Wildman–Crippen MR) is 75.0 cm³/mol. The highest BCUT2D eigenvalue weighted by Gasteiger charge is 2.02. The number of benzene rings is 2. The highest BCUT2D eigenvalue weighted by atomic mass is 15.2. The number of rotatable bonds is 3. The van der Waals surface area contributed by atoms with Gasteiger partial charge in [0.1, 0.15) is 0 Å². The summed E-state index contributed by atoms with van der Waals surface area (Å²) in [6, 6.07) is 19.7. The van der Waals surface area contributed by atoms with Crippen LogP contribution in [0.25, 0.3) is 11.3 Å². The van der Waals surface area contributed by atoms with Crippen LogP contribution in [0.1, 0.15) is 0 Å². The zero-order chi connectivity index (χ0) is 12.9. The molecule has 0 fully saturated rings. The summed E-state index contributed by atoms with van der Waals surface area (Å²) in [4.78, 5) is 4.45. The predicted octanol–water partition coefficient (Wildman–Crippen LogP) is 3.28. The van der Waals surface area contributed by atoms with Crippen LogP contribution in [-0.2, 0) is 0 Å². The van der Waals surface area contributed by atoms with E-state index in [1.807, 2.05) is 60.7 Å². The molecule has 0 unspecified atom stereocenters. The standard InChI is InChI=1S/C15H12N4/c1-3-7-12(8-4-1)14-11-16-19-15(18-14)17-13-9-5-2-6-10-13/h1-11H,(H,17,18,19). The van der Waals surface area contributed by atoms with E-state index in [-0.39, 0.29) is 0 Å². The number of nitrogens with one attached hydrogen (secondary N) is 1. The Kier molecular flexibility index (Phi) is 3.14. The molecule has 92 valence electrons. The molecule has 0 amide bonds. The van der Waals surface area contributed by atoms with Crippen molar-refractivity contribution in [2.24, 2.45) is 0 Å². The molecule has 0 atom stereocenters. The molecular weight excluding hydrogens is 236 g/mol. The first-order chi connectivity index (χ1) is 9.42. The van der Waals surface area contributed by atoms with Gasteiger partial charge in [-0.25, -0.2) is 4.98 Å². The van der Waals surface area contributed by atoms with Gasteiger partial charge in [0.2, 0.25) is 5.95 Å². The molecule has 0 saturated carbocycles. The quantitative estimate of drug-likeness (QED) is 0.772. The van der Waals surface area contributed by atoms with Crippen molar-refractivity contribution in [3.05, 3.63) is 66.9 Å². The van der Waals surface area contributed by atoms with Crippen LogP contribution in [0.2, 0.25) is 0 Å². The van der Waals surface area contributed by atoms with Gasteiger partial charge in [0, 0.05) is 11.3 Å². The molecule has 1 heterocycles. The van der Waals surface area contributed by atoms with E-state index in [1.54, 1.807) is 6.20 Å². The molecule has 1 N–H and O–H groups in total. The van der Waals surface area contributed by atoms with Crippen molar-refractivity contribution in [2.75, 3.05) is 5.32 Å². The van der Waals surface area contributed by atoms with Crippen molar-refractivity contribution in [1.29, 1.82) is 0 Å². The molecule has 0 saturated heterocycles. The second-order valence-electron chi connectivity index (χ2n) is 4.02. The molecule has 3 aromatic rings. The molecule has 0 spiro atoms. The van der Waals surface area contributed by atoms with Gasteiger partial charge < -0.3 is 5.32 Å². The maximum atomic E-state index is 4.45. The maximum Gasteiger partial charge on any atom is 0.247 e. The molecule has 0 radical (unpaired) electrons. The van der Waals surface area contributed by atoms with Crippen molar-refractivity contribution >= 4 is 11.6 Å². The van der Waals surface area contributed by atoms with Gasteiger partial charge in [-0.3, -0.25) is 0 Å². The third-order valence-corrected chi connectivity index (χ3v) is 2.66. The maximum absolute atomic E-state index is 4.45. The summed E-state index contributed by atoms with van der Waals surface area (Å²) in [5.74, 6) is 0.493. The Morgan fingerprint density at radius 1 is 0.789 bits per heavy atom. The number of hydrogen-bond acceptors (Lipinski definition) is 4. The van der Waals surface area contributed by atoms with E-state index in [0.717, 1.165) is 16.9 Å². The van der Waals surface area contributed by atoms with Gasteiger partial charge in [-0.2, -0.15) is 5.10 Å². The van der Waals surface area contributed by atoms with E-state index >= 15 is 0 Å². The normalized spacial score (nSPS) is 10.1. The van der Waals surface area contributed by atoms with Crippen LogP contribution in [-0.4, -0.2) is 15.2 Å². The molecule has 3 rings (SSSR count). The lowest BCUT2D eigenvalue weighted by Crippen LogP contribution is -1.99. The summed E-state index contributed by atoms with van der Waals surface area (Å²) in [5.41, 5.74) is 2.76. The van der Waals surface area contributed by atoms with Gasteiger partial charge in [-0.15, -0.1) is 5.10 Å². The van der Waals surface area contributed by atoms with Crippen molar-refractivity contribution in [1.82, 2.24) is 15.2 Å². The zero-order valence-corrected chi connectivity index (χ0v) is 10.2. The number of hydrogen-bond donors (Lipinski definition) is 1. The molecule has 0 aliphatic heterocycles. The smallest absolute Gasteiger partial charge is 0.247 e. The fourth-order valence-electron chi connectivity index (χ4n) is 1.76. The molecule has 19 heavy (non-hydrogen) atoms. The monoisotopic (exact) mass is 248 g/mol. The second kappa shape index (κ2) is 5.27. The van der Waals surface area contributed by atoms with E-state index in [9.17, 15) is 0 Å². The van der Waals surface area contributed by atoms with Gasteiger partial charge in [-0.05, 0) is 12.1 Å². The Morgan fingerprint density at radius 3 is 2.21 bits per heavy atom. The number of aromatic nitrogens is 3. The van der Waals surface area contributed by atoms with E-state index in [0.29, 0.717) is 5.95 Å². The summed E-state index contributed by atoms with van der Waals surface area (Å²) in [5, 5.41) is 11.1. The van der Waals surface area contributed by atoms with Crippen molar-refractivity contribution in [3.8, 4) is 11.3 Å². The average molecular weight is 248 g/mol. The topological polar surface area (TPSA) is 50.7 Å². The Labute approximate surface area is 111 Å². The summed E-state index contributed by atoms with van der Waals surface area (Å²) < 4.78 is 0. The molecular formula is C15H12N4. The average Bonchev–Trinajstić information content (AvgIpc) is 2.49. The van der Waals surface area contributed by atoms with Crippen LogP contribution in [0.3, 0.4) is 0 Å². The number of para-hydroxylation sites is 1. The largest absolute Gasteiger partial charge is 0.323 e. The lowest BCUT2D eigenvalue weighted by Gasteiger charge is -2.05. The van der Waals surface area contributed by atoms with E-state index in [2.05, 4.69) is 20.5 Å². The summed E-state index contributed by atoms with van der Waals surface area (Å²) in [6.07, 6.45) is 1.66. The molecule has 1 aromatic heterocycles. The summed E-state index contributed by atoms with van der Waals surface area (Å²) >= 11 is 0. The SMILES string of the molecule is c1ccc(Nc2nncc(-c3ccccc3)n2)cc1. The molecule has 4 nitrogen and oxygen atoms in total. The highest BCUT2D eigenvalue weighted by molar-refractivity contribution is 5.60. The van der Waals surface area contributed by atoms with Gasteiger partial charge in [0.25, 0.3) is 0 Å². The molecule has 0 aliphatic rings. The van der Waals surface area contributed by atoms with E-state index < -0.39 is 0 Å². The highest BCUT2D eigenvalue weighted by Crippen LogP contribution is 2.17. The summed E-state index contributed by atoms with van der Waals surface area (Å²) in [7, 11) is 0. The Bertz CT molecular complexity index is 653. The molecule has 2 aromatic carbocycles. The minimum absolute atomic E-state index is 0.493. The van der Waals surface area contributed by atoms with Gasteiger partial charge in [0.05, 0.1) is 11.9 Å². The van der Waals surface area contributed by atoms with Crippen LogP contribution >= 0.6 is 0 Å². The lowest BCUT2D eigenvalue weighted by molar-refractivity contribution is 0.983. The second-order valence-corrected chi connectivity index (χ2v) is 4.02. The fraction of sp³-hybridized carbons (Fsp3) is 0. The van der Waals surface area contributed by atoms with Crippen LogP contribution in [0.4, 0.5) is 11.6 Å². The molecule has 0 bridgehead atoms. The Balaban J connectivity index is 1.89. The zero-order valence-electron chi connectivity index (χ0n) is 10.2. The van der Waals surface area contributed by atoms with Crippen molar-refractivity contribution in [3.63, 3.8) is 0 Å². The first-order valence-corrected chi connectivity index (χ1v) is 5.99. The van der Waals surface area contributed by atoms with E-state index in [1.165, 1.54) is 0 Å². The fourth-order valence-corrected chi connectivity index (χ4v) is 1.76. The van der Waals surface area contributed by atoms with Crippen molar-refractivity contribution in [2.45, 2.75) is 0 Å². The first-order valence-electron chi connectivity index (χ1n) is 5.99. The third-order valence-electron chi connectivity index (χ3n) is 2.66. The van der Waals surface area contributed by atoms with Crippen LogP contribution < -0.4 is 5.32 Å². The summed E-state index contributed by atoms with van der Waals surface area (Å²) in [6.45, 7) is 0. The first kappa shape index (κ1) is 11.3. The Hall–Kier alpha value is -2.75. The van der Waals surface area contributed by atoms with Crippen LogP contribution in [0.5, 0.6) is 0 Å². The molecule has 4 heteroatoms. The van der Waals surface area contributed by atoms with E-state index in [4.69, 9.17) is 0 Å². The third kappa shape index (κ3) is 2.74.